The largest absolute Gasteiger partial charge is 0.379 e. The molecular formula is C18H38O2. The van der Waals surface area contributed by atoms with Crippen molar-refractivity contribution in [2.45, 2.75) is 92.3 Å². The second kappa shape index (κ2) is 12.6. The second-order valence-corrected chi connectivity index (χ2v) is 7.04. The summed E-state index contributed by atoms with van der Waals surface area (Å²) in [6.07, 6.45) is 8.05. The van der Waals surface area contributed by atoms with Crippen molar-refractivity contribution >= 4 is 0 Å². The molecule has 0 aromatic heterocycles. The van der Waals surface area contributed by atoms with E-state index >= 15 is 0 Å². The Morgan fingerprint density at radius 2 is 0.900 bits per heavy atom. The summed E-state index contributed by atoms with van der Waals surface area (Å²) in [6.45, 7) is 15.2. The van der Waals surface area contributed by atoms with Gasteiger partial charge in [-0.15, -0.1) is 0 Å². The van der Waals surface area contributed by atoms with Gasteiger partial charge in [0.15, 0.2) is 0 Å². The highest BCUT2D eigenvalue weighted by Gasteiger charge is 2.05. The summed E-state index contributed by atoms with van der Waals surface area (Å²) >= 11 is 0. The Hall–Kier alpha value is -0.0800. The van der Waals surface area contributed by atoms with Crippen molar-refractivity contribution in [3.63, 3.8) is 0 Å². The third-order valence-corrected chi connectivity index (χ3v) is 3.45. The molecule has 0 saturated heterocycles. The molecule has 0 heterocycles. The monoisotopic (exact) mass is 286 g/mol. The van der Waals surface area contributed by atoms with Gasteiger partial charge in [-0.2, -0.15) is 0 Å². The van der Waals surface area contributed by atoms with Crippen LogP contribution in [0.1, 0.15) is 80.1 Å². The van der Waals surface area contributed by atoms with Crippen LogP contribution in [0.25, 0.3) is 0 Å². The van der Waals surface area contributed by atoms with Crippen LogP contribution in [0.4, 0.5) is 0 Å². The molecular weight excluding hydrogens is 248 g/mol. The van der Waals surface area contributed by atoms with Crippen molar-refractivity contribution < 1.29 is 9.47 Å². The van der Waals surface area contributed by atoms with Gasteiger partial charge < -0.3 is 9.47 Å². The standard InChI is InChI=1S/C18H38O2/c1-15(2)13-17(5)19-11-9-7-8-10-12-20-18(6)14-16(3)4/h15-18H,7-14H2,1-6H3. The quantitative estimate of drug-likeness (QED) is 0.419. The van der Waals surface area contributed by atoms with E-state index in [1.807, 2.05) is 0 Å². The number of rotatable bonds is 13. The fourth-order valence-corrected chi connectivity index (χ4v) is 2.59. The van der Waals surface area contributed by atoms with Crippen LogP contribution in [0.15, 0.2) is 0 Å². The fraction of sp³-hybridized carbons (Fsp3) is 1.00. The Bertz CT molecular complexity index is 180. The lowest BCUT2D eigenvalue weighted by Crippen LogP contribution is -2.12. The normalized spacial score (nSPS) is 15.0. The third-order valence-electron chi connectivity index (χ3n) is 3.45. The zero-order chi connectivity index (χ0) is 15.4. The summed E-state index contributed by atoms with van der Waals surface area (Å²) in [4.78, 5) is 0. The van der Waals surface area contributed by atoms with Gasteiger partial charge in [-0.3, -0.25) is 0 Å². The van der Waals surface area contributed by atoms with Crippen LogP contribution in [-0.2, 0) is 9.47 Å². The molecule has 0 bridgehead atoms. The smallest absolute Gasteiger partial charge is 0.0549 e. The number of hydrogen-bond acceptors (Lipinski definition) is 2. The van der Waals surface area contributed by atoms with Crippen molar-refractivity contribution in [3.05, 3.63) is 0 Å². The Kier molecular flexibility index (Phi) is 12.6. The maximum atomic E-state index is 5.81. The molecule has 0 N–H and O–H groups in total. The average Bonchev–Trinajstić information content (AvgIpc) is 2.30. The Balaban J connectivity index is 3.24. The highest BCUT2D eigenvalue weighted by atomic mass is 16.5. The van der Waals surface area contributed by atoms with E-state index in [0.29, 0.717) is 12.2 Å². The molecule has 2 nitrogen and oxygen atoms in total. The van der Waals surface area contributed by atoms with Gasteiger partial charge in [0.05, 0.1) is 12.2 Å². The molecule has 0 rings (SSSR count). The van der Waals surface area contributed by atoms with Crippen LogP contribution in [-0.4, -0.2) is 25.4 Å². The molecule has 0 aromatic carbocycles. The van der Waals surface area contributed by atoms with E-state index in [9.17, 15) is 0 Å². The average molecular weight is 286 g/mol. The Labute approximate surface area is 127 Å². The number of ether oxygens (including phenoxy) is 2. The molecule has 0 amide bonds. The molecule has 2 atom stereocenters. The van der Waals surface area contributed by atoms with Crippen LogP contribution in [0.3, 0.4) is 0 Å². The van der Waals surface area contributed by atoms with E-state index in [-0.39, 0.29) is 0 Å². The summed E-state index contributed by atoms with van der Waals surface area (Å²) in [5.74, 6) is 1.46. The van der Waals surface area contributed by atoms with E-state index in [0.717, 1.165) is 25.0 Å². The SMILES string of the molecule is CC(C)CC(C)OCCCCCCOC(C)CC(C)C. The third kappa shape index (κ3) is 14.3. The van der Waals surface area contributed by atoms with Gasteiger partial charge in [-0.1, -0.05) is 40.5 Å². The molecule has 0 radical (unpaired) electrons. The minimum atomic E-state index is 0.412. The van der Waals surface area contributed by atoms with E-state index in [2.05, 4.69) is 41.5 Å². The first kappa shape index (κ1) is 19.9. The lowest BCUT2D eigenvalue weighted by molar-refractivity contribution is 0.0434. The van der Waals surface area contributed by atoms with Gasteiger partial charge in [0.1, 0.15) is 0 Å². The first-order valence-electron chi connectivity index (χ1n) is 8.65. The zero-order valence-corrected chi connectivity index (χ0v) is 14.8. The fourth-order valence-electron chi connectivity index (χ4n) is 2.59. The highest BCUT2D eigenvalue weighted by molar-refractivity contribution is 4.55. The summed E-state index contributed by atoms with van der Waals surface area (Å²) in [5.41, 5.74) is 0. The molecule has 0 saturated carbocycles. The van der Waals surface area contributed by atoms with Gasteiger partial charge in [0.25, 0.3) is 0 Å². The van der Waals surface area contributed by atoms with E-state index in [1.54, 1.807) is 0 Å². The van der Waals surface area contributed by atoms with Gasteiger partial charge in [-0.25, -0.2) is 0 Å². The molecule has 0 aliphatic rings. The van der Waals surface area contributed by atoms with Crippen molar-refractivity contribution in [2.24, 2.45) is 11.8 Å². The van der Waals surface area contributed by atoms with Gasteiger partial charge in [-0.05, 0) is 51.4 Å². The Morgan fingerprint density at radius 3 is 1.20 bits per heavy atom. The summed E-state index contributed by atoms with van der Waals surface area (Å²) < 4.78 is 11.6. The molecule has 0 fully saturated rings. The minimum absolute atomic E-state index is 0.412. The van der Waals surface area contributed by atoms with Crippen LogP contribution >= 0.6 is 0 Å². The van der Waals surface area contributed by atoms with E-state index < -0.39 is 0 Å². The van der Waals surface area contributed by atoms with E-state index in [1.165, 1.54) is 38.5 Å². The predicted molar refractivity (Wildman–Crippen MR) is 88.2 cm³/mol. The molecule has 0 aromatic rings. The maximum Gasteiger partial charge on any atom is 0.0549 e. The number of unbranched alkanes of at least 4 members (excludes halogenated alkanes) is 3. The summed E-state index contributed by atoms with van der Waals surface area (Å²) in [6, 6.07) is 0. The van der Waals surface area contributed by atoms with Crippen molar-refractivity contribution in [3.8, 4) is 0 Å². The van der Waals surface area contributed by atoms with Crippen LogP contribution in [0.5, 0.6) is 0 Å². The summed E-state index contributed by atoms with van der Waals surface area (Å²) in [7, 11) is 0. The molecule has 2 unspecified atom stereocenters. The second-order valence-electron chi connectivity index (χ2n) is 7.04. The molecule has 0 aliphatic heterocycles. The van der Waals surface area contributed by atoms with Gasteiger partial charge >= 0.3 is 0 Å². The van der Waals surface area contributed by atoms with E-state index in [4.69, 9.17) is 9.47 Å². The first-order valence-corrected chi connectivity index (χ1v) is 8.65. The number of hydrogen-bond donors (Lipinski definition) is 0. The van der Waals surface area contributed by atoms with Gasteiger partial charge in [0.2, 0.25) is 0 Å². The predicted octanol–water partition coefficient (Wildman–Crippen LogP) is 5.45. The lowest BCUT2D eigenvalue weighted by Gasteiger charge is -2.15. The van der Waals surface area contributed by atoms with Crippen LogP contribution in [0.2, 0.25) is 0 Å². The molecule has 2 heteroatoms. The highest BCUT2D eigenvalue weighted by Crippen LogP contribution is 2.10. The zero-order valence-electron chi connectivity index (χ0n) is 14.8. The molecule has 0 aliphatic carbocycles. The van der Waals surface area contributed by atoms with Crippen LogP contribution in [0, 0.1) is 11.8 Å². The molecule has 0 spiro atoms. The van der Waals surface area contributed by atoms with Crippen molar-refractivity contribution in [1.29, 1.82) is 0 Å². The molecule has 20 heavy (non-hydrogen) atoms. The van der Waals surface area contributed by atoms with Crippen molar-refractivity contribution in [2.75, 3.05) is 13.2 Å². The van der Waals surface area contributed by atoms with Crippen LogP contribution < -0.4 is 0 Å². The maximum absolute atomic E-state index is 5.81. The summed E-state index contributed by atoms with van der Waals surface area (Å²) in [5, 5.41) is 0. The minimum Gasteiger partial charge on any atom is -0.379 e. The lowest BCUT2D eigenvalue weighted by atomic mass is 10.1. The molecule has 122 valence electrons. The van der Waals surface area contributed by atoms with Gasteiger partial charge in [0, 0.05) is 13.2 Å². The first-order chi connectivity index (χ1) is 9.41. The van der Waals surface area contributed by atoms with Crippen molar-refractivity contribution in [1.82, 2.24) is 0 Å². The Morgan fingerprint density at radius 1 is 0.550 bits per heavy atom. The topological polar surface area (TPSA) is 18.5 Å².